The van der Waals surface area contributed by atoms with E-state index in [0.29, 0.717) is 24.5 Å². The van der Waals surface area contributed by atoms with Gasteiger partial charge in [0.15, 0.2) is 0 Å². The Morgan fingerprint density at radius 2 is 2.37 bits per heavy atom. The van der Waals surface area contributed by atoms with Crippen molar-refractivity contribution in [3.8, 4) is 5.69 Å². The van der Waals surface area contributed by atoms with E-state index in [1.54, 1.807) is 23.1 Å². The number of hydrogen-bond donors (Lipinski definition) is 3. The van der Waals surface area contributed by atoms with E-state index in [1.807, 2.05) is 6.07 Å². The summed E-state index contributed by atoms with van der Waals surface area (Å²) in [6.07, 6.45) is 3.37. The third-order valence-corrected chi connectivity index (χ3v) is 2.88. The molecule has 0 unspecified atom stereocenters. The summed E-state index contributed by atoms with van der Waals surface area (Å²) in [5.74, 6) is 0.602. The zero-order chi connectivity index (χ0) is 13.2. The van der Waals surface area contributed by atoms with Gasteiger partial charge in [0.05, 0.1) is 36.3 Å². The minimum atomic E-state index is -0.0876. The van der Waals surface area contributed by atoms with Crippen molar-refractivity contribution in [3.05, 3.63) is 35.8 Å². The minimum Gasteiger partial charge on any atom is -0.395 e. The van der Waals surface area contributed by atoms with Gasteiger partial charge >= 0.3 is 0 Å². The van der Waals surface area contributed by atoms with Gasteiger partial charge in [0, 0.05) is 12.7 Å². The van der Waals surface area contributed by atoms with Gasteiger partial charge in [0.1, 0.15) is 5.82 Å². The number of aromatic nitrogens is 3. The van der Waals surface area contributed by atoms with Crippen LogP contribution in [0.1, 0.15) is 16.1 Å². The molecular weight excluding hydrogens is 246 g/mol. The number of nitrogens with one attached hydrogen (secondary N) is 2. The molecule has 1 amide bonds. The van der Waals surface area contributed by atoms with E-state index in [9.17, 15) is 4.79 Å². The lowest BCUT2D eigenvalue weighted by molar-refractivity contribution is 0.0965. The molecule has 0 aliphatic carbocycles. The van der Waals surface area contributed by atoms with E-state index in [-0.39, 0.29) is 12.5 Å². The van der Waals surface area contributed by atoms with Crippen molar-refractivity contribution in [2.75, 3.05) is 18.5 Å². The van der Waals surface area contributed by atoms with Gasteiger partial charge < -0.3 is 15.7 Å². The molecule has 0 radical (unpaired) electrons. The molecule has 1 aliphatic heterocycles. The molecule has 0 fully saturated rings. The van der Waals surface area contributed by atoms with E-state index < -0.39 is 0 Å². The molecule has 0 saturated carbocycles. The third kappa shape index (κ3) is 2.15. The topological polar surface area (TPSA) is 92.1 Å². The van der Waals surface area contributed by atoms with Gasteiger partial charge in [-0.2, -0.15) is 5.10 Å². The number of aliphatic hydroxyl groups excluding tert-OH is 1. The molecule has 0 atom stereocenters. The van der Waals surface area contributed by atoms with E-state index in [4.69, 9.17) is 5.11 Å². The van der Waals surface area contributed by atoms with Crippen molar-refractivity contribution in [1.82, 2.24) is 20.1 Å². The van der Waals surface area contributed by atoms with E-state index in [1.165, 1.54) is 0 Å². The SMILES string of the molecule is O=C1NCc2nn(-c3ccc(NCCO)nc3)cc21. The second kappa shape index (κ2) is 4.69. The number of amides is 1. The summed E-state index contributed by atoms with van der Waals surface area (Å²) in [7, 11) is 0. The molecule has 1 aliphatic rings. The van der Waals surface area contributed by atoms with Gasteiger partial charge in [-0.3, -0.25) is 4.79 Å². The van der Waals surface area contributed by atoms with E-state index >= 15 is 0 Å². The Kier molecular flexibility index (Phi) is 2.88. The average molecular weight is 259 g/mol. The normalized spacial score (nSPS) is 13.2. The number of nitrogens with zero attached hydrogens (tertiary/aromatic N) is 3. The lowest BCUT2D eigenvalue weighted by Crippen LogP contribution is -2.14. The van der Waals surface area contributed by atoms with Crippen LogP contribution in [0.2, 0.25) is 0 Å². The van der Waals surface area contributed by atoms with Crippen LogP contribution in [-0.4, -0.2) is 38.9 Å². The fourth-order valence-electron chi connectivity index (χ4n) is 1.93. The molecule has 7 nitrogen and oxygen atoms in total. The average Bonchev–Trinajstić information content (AvgIpc) is 3.00. The first-order valence-corrected chi connectivity index (χ1v) is 5.96. The van der Waals surface area contributed by atoms with Gasteiger partial charge in [-0.15, -0.1) is 0 Å². The van der Waals surface area contributed by atoms with Crippen LogP contribution in [0.3, 0.4) is 0 Å². The third-order valence-electron chi connectivity index (χ3n) is 2.88. The number of carbonyl (C=O) groups is 1. The number of rotatable bonds is 4. The second-order valence-corrected chi connectivity index (χ2v) is 4.17. The first-order chi connectivity index (χ1) is 9.28. The lowest BCUT2D eigenvalue weighted by Gasteiger charge is -2.05. The summed E-state index contributed by atoms with van der Waals surface area (Å²) in [6, 6.07) is 3.66. The Morgan fingerprint density at radius 3 is 3.05 bits per heavy atom. The molecule has 2 aromatic rings. The zero-order valence-corrected chi connectivity index (χ0v) is 10.1. The minimum absolute atomic E-state index is 0.0599. The Balaban J connectivity index is 1.82. The number of fused-ring (bicyclic) bond motifs is 1. The van der Waals surface area contributed by atoms with Crippen molar-refractivity contribution < 1.29 is 9.90 Å². The number of pyridine rings is 1. The van der Waals surface area contributed by atoms with Gasteiger partial charge in [0.2, 0.25) is 0 Å². The molecule has 2 aromatic heterocycles. The molecule has 98 valence electrons. The summed E-state index contributed by atoms with van der Waals surface area (Å²) < 4.78 is 1.65. The summed E-state index contributed by atoms with van der Waals surface area (Å²) in [6.45, 7) is 0.998. The molecular formula is C12H13N5O2. The monoisotopic (exact) mass is 259 g/mol. The van der Waals surface area contributed by atoms with Gasteiger partial charge in [0.25, 0.3) is 5.91 Å². The molecule has 7 heteroatoms. The smallest absolute Gasteiger partial charge is 0.255 e. The first kappa shape index (κ1) is 11.7. The maximum Gasteiger partial charge on any atom is 0.255 e. The second-order valence-electron chi connectivity index (χ2n) is 4.17. The summed E-state index contributed by atoms with van der Waals surface area (Å²) in [4.78, 5) is 15.7. The molecule has 0 saturated heterocycles. The maximum atomic E-state index is 11.5. The van der Waals surface area contributed by atoms with E-state index in [0.717, 1.165) is 11.4 Å². The zero-order valence-electron chi connectivity index (χ0n) is 10.1. The van der Waals surface area contributed by atoms with Gasteiger partial charge in [-0.05, 0) is 12.1 Å². The Bertz CT molecular complexity index is 605. The van der Waals surface area contributed by atoms with Crippen LogP contribution in [0.5, 0.6) is 0 Å². The van der Waals surface area contributed by atoms with Crippen molar-refractivity contribution in [2.24, 2.45) is 0 Å². The van der Waals surface area contributed by atoms with E-state index in [2.05, 4.69) is 20.7 Å². The lowest BCUT2D eigenvalue weighted by atomic mass is 10.3. The molecule has 0 spiro atoms. The Morgan fingerprint density at radius 1 is 1.47 bits per heavy atom. The highest BCUT2D eigenvalue weighted by molar-refractivity contribution is 5.97. The summed E-state index contributed by atoms with van der Waals surface area (Å²) in [5, 5.41) is 18.7. The standard InChI is InChI=1S/C12H13N5O2/c18-4-3-13-11-2-1-8(5-14-11)17-7-9-10(16-17)6-15-12(9)19/h1-2,5,7,18H,3-4,6H2,(H,13,14)(H,15,19). The highest BCUT2D eigenvalue weighted by Gasteiger charge is 2.22. The van der Waals surface area contributed by atoms with Crippen LogP contribution in [0.15, 0.2) is 24.5 Å². The van der Waals surface area contributed by atoms with Crippen LogP contribution >= 0.6 is 0 Å². The molecule has 3 heterocycles. The number of aliphatic hydroxyl groups is 1. The maximum absolute atomic E-state index is 11.5. The van der Waals surface area contributed by atoms with Crippen LogP contribution in [0.25, 0.3) is 5.69 Å². The Labute approximate surface area is 109 Å². The fourth-order valence-corrected chi connectivity index (χ4v) is 1.93. The highest BCUT2D eigenvalue weighted by atomic mass is 16.3. The predicted molar refractivity (Wildman–Crippen MR) is 68.1 cm³/mol. The largest absolute Gasteiger partial charge is 0.395 e. The fraction of sp³-hybridized carbons (Fsp3) is 0.250. The van der Waals surface area contributed by atoms with Crippen LogP contribution < -0.4 is 10.6 Å². The van der Waals surface area contributed by atoms with Crippen molar-refractivity contribution in [3.63, 3.8) is 0 Å². The highest BCUT2D eigenvalue weighted by Crippen LogP contribution is 2.16. The van der Waals surface area contributed by atoms with Gasteiger partial charge in [-0.25, -0.2) is 9.67 Å². The van der Waals surface area contributed by atoms with Gasteiger partial charge in [-0.1, -0.05) is 0 Å². The predicted octanol–water partition coefficient (Wildman–Crippen LogP) is -0.0851. The van der Waals surface area contributed by atoms with Crippen molar-refractivity contribution in [1.29, 1.82) is 0 Å². The number of hydrogen-bond acceptors (Lipinski definition) is 5. The Hall–Kier alpha value is -2.41. The van der Waals surface area contributed by atoms with Crippen LogP contribution in [-0.2, 0) is 6.54 Å². The molecule has 3 N–H and O–H groups in total. The van der Waals surface area contributed by atoms with Crippen LogP contribution in [0, 0.1) is 0 Å². The van der Waals surface area contributed by atoms with Crippen molar-refractivity contribution >= 4 is 11.7 Å². The molecule has 3 rings (SSSR count). The van der Waals surface area contributed by atoms with Crippen LogP contribution in [0.4, 0.5) is 5.82 Å². The molecule has 0 aromatic carbocycles. The number of anilines is 1. The summed E-state index contributed by atoms with van der Waals surface area (Å²) in [5.41, 5.74) is 2.16. The molecule has 0 bridgehead atoms. The summed E-state index contributed by atoms with van der Waals surface area (Å²) >= 11 is 0. The number of carbonyl (C=O) groups excluding carboxylic acids is 1. The molecule has 19 heavy (non-hydrogen) atoms. The first-order valence-electron chi connectivity index (χ1n) is 5.96. The van der Waals surface area contributed by atoms with Crippen molar-refractivity contribution in [2.45, 2.75) is 6.54 Å². The quantitative estimate of drug-likeness (QED) is 0.714.